The predicted molar refractivity (Wildman–Crippen MR) is 72.0 cm³/mol. The fourth-order valence-electron chi connectivity index (χ4n) is 1.70. The van der Waals surface area contributed by atoms with Gasteiger partial charge in [-0.05, 0) is 17.7 Å². The van der Waals surface area contributed by atoms with Crippen LogP contribution in [-0.4, -0.2) is 52.5 Å². The van der Waals surface area contributed by atoms with Crippen molar-refractivity contribution in [1.29, 1.82) is 0 Å². The molecule has 0 bridgehead atoms. The summed E-state index contributed by atoms with van der Waals surface area (Å²) in [5.41, 5.74) is 1.27. The second kappa shape index (κ2) is 8.91. The molecule has 4 heteroatoms. The Balaban J connectivity index is 2.51. The van der Waals surface area contributed by atoms with Crippen molar-refractivity contribution in [2.24, 2.45) is 0 Å². The molecule has 1 rings (SSSR count). The van der Waals surface area contributed by atoms with Crippen molar-refractivity contribution in [3.05, 3.63) is 29.8 Å². The molecule has 0 spiro atoms. The van der Waals surface area contributed by atoms with Crippen LogP contribution in [0.25, 0.3) is 0 Å². The molecule has 4 nitrogen and oxygen atoms in total. The molecule has 0 heterocycles. The minimum atomic E-state index is 0.736. The number of methoxy groups -OCH3 is 3. The lowest BCUT2D eigenvalue weighted by atomic mass is 10.2. The highest BCUT2D eigenvalue weighted by atomic mass is 16.5. The Morgan fingerprint density at radius 3 is 1.89 bits per heavy atom. The Bertz CT molecular complexity index is 305. The highest BCUT2D eigenvalue weighted by Gasteiger charge is 2.05. The van der Waals surface area contributed by atoms with E-state index in [1.807, 2.05) is 12.1 Å². The predicted octanol–water partition coefficient (Wildman–Crippen LogP) is 1.79. The Hall–Kier alpha value is -1.10. The molecule has 102 valence electrons. The van der Waals surface area contributed by atoms with Gasteiger partial charge in [0.05, 0.1) is 20.3 Å². The maximum absolute atomic E-state index is 5.15. The Morgan fingerprint density at radius 1 is 0.889 bits per heavy atom. The smallest absolute Gasteiger partial charge is 0.118 e. The van der Waals surface area contributed by atoms with E-state index >= 15 is 0 Å². The van der Waals surface area contributed by atoms with Gasteiger partial charge in [-0.1, -0.05) is 12.1 Å². The van der Waals surface area contributed by atoms with Crippen LogP contribution in [0.2, 0.25) is 0 Å². The van der Waals surface area contributed by atoms with Crippen LogP contribution in [0.4, 0.5) is 0 Å². The van der Waals surface area contributed by atoms with Crippen LogP contribution in [0, 0.1) is 0 Å². The first-order chi connectivity index (χ1) is 8.80. The van der Waals surface area contributed by atoms with Gasteiger partial charge in [-0.2, -0.15) is 0 Å². The SMILES string of the molecule is COCCN(CCOC)Cc1ccc(OC)cc1. The van der Waals surface area contributed by atoms with E-state index in [4.69, 9.17) is 14.2 Å². The third-order valence-electron chi connectivity index (χ3n) is 2.79. The molecule has 0 unspecified atom stereocenters. The number of rotatable bonds is 9. The van der Waals surface area contributed by atoms with Crippen LogP contribution in [0.5, 0.6) is 5.75 Å². The molecule has 1 aromatic rings. The van der Waals surface area contributed by atoms with Crippen molar-refractivity contribution in [1.82, 2.24) is 4.90 Å². The quantitative estimate of drug-likeness (QED) is 0.671. The summed E-state index contributed by atoms with van der Waals surface area (Å²) in [5.74, 6) is 0.888. The van der Waals surface area contributed by atoms with E-state index in [1.54, 1.807) is 21.3 Å². The lowest BCUT2D eigenvalue weighted by molar-refractivity contribution is 0.110. The molecular formula is C14H23NO3. The monoisotopic (exact) mass is 253 g/mol. The summed E-state index contributed by atoms with van der Waals surface area (Å²) in [5, 5.41) is 0. The highest BCUT2D eigenvalue weighted by molar-refractivity contribution is 5.27. The van der Waals surface area contributed by atoms with Gasteiger partial charge in [-0.3, -0.25) is 4.90 Å². The van der Waals surface area contributed by atoms with E-state index < -0.39 is 0 Å². The lowest BCUT2D eigenvalue weighted by Crippen LogP contribution is -2.30. The van der Waals surface area contributed by atoms with Gasteiger partial charge in [-0.25, -0.2) is 0 Å². The van der Waals surface area contributed by atoms with E-state index in [1.165, 1.54) is 5.56 Å². The number of benzene rings is 1. The molecule has 1 aromatic carbocycles. The van der Waals surface area contributed by atoms with Crippen LogP contribution in [0.3, 0.4) is 0 Å². The Labute approximate surface area is 109 Å². The molecule has 0 saturated carbocycles. The van der Waals surface area contributed by atoms with Crippen molar-refractivity contribution >= 4 is 0 Å². The van der Waals surface area contributed by atoms with Crippen molar-refractivity contribution in [2.75, 3.05) is 47.6 Å². The van der Waals surface area contributed by atoms with Crippen molar-refractivity contribution < 1.29 is 14.2 Å². The van der Waals surface area contributed by atoms with Gasteiger partial charge in [0.25, 0.3) is 0 Å². The number of nitrogens with zero attached hydrogens (tertiary/aromatic N) is 1. The first-order valence-electron chi connectivity index (χ1n) is 6.13. The molecule has 0 atom stereocenters. The van der Waals surface area contributed by atoms with Gasteiger partial charge in [-0.15, -0.1) is 0 Å². The Kier molecular flexibility index (Phi) is 7.41. The van der Waals surface area contributed by atoms with E-state index in [-0.39, 0.29) is 0 Å². The van der Waals surface area contributed by atoms with Crippen LogP contribution in [-0.2, 0) is 16.0 Å². The van der Waals surface area contributed by atoms with Gasteiger partial charge in [0.1, 0.15) is 5.75 Å². The summed E-state index contributed by atoms with van der Waals surface area (Å²) < 4.78 is 15.4. The summed E-state index contributed by atoms with van der Waals surface area (Å²) in [6, 6.07) is 8.15. The maximum Gasteiger partial charge on any atom is 0.118 e. The molecule has 0 N–H and O–H groups in total. The van der Waals surface area contributed by atoms with Gasteiger partial charge in [0.2, 0.25) is 0 Å². The van der Waals surface area contributed by atoms with Gasteiger partial charge in [0.15, 0.2) is 0 Å². The van der Waals surface area contributed by atoms with Crippen molar-refractivity contribution in [3.63, 3.8) is 0 Å². The first-order valence-corrected chi connectivity index (χ1v) is 6.13. The van der Waals surface area contributed by atoms with Crippen molar-refractivity contribution in [3.8, 4) is 5.75 Å². The van der Waals surface area contributed by atoms with E-state index in [0.717, 1.165) is 38.6 Å². The molecule has 0 aliphatic carbocycles. The minimum Gasteiger partial charge on any atom is -0.497 e. The van der Waals surface area contributed by atoms with E-state index in [0.29, 0.717) is 0 Å². The molecule has 0 radical (unpaired) electrons. The second-order valence-corrected chi connectivity index (χ2v) is 4.11. The van der Waals surface area contributed by atoms with E-state index in [2.05, 4.69) is 17.0 Å². The Morgan fingerprint density at radius 2 is 1.44 bits per heavy atom. The zero-order valence-corrected chi connectivity index (χ0v) is 11.5. The molecule has 0 amide bonds. The van der Waals surface area contributed by atoms with Gasteiger partial charge >= 0.3 is 0 Å². The topological polar surface area (TPSA) is 30.9 Å². The minimum absolute atomic E-state index is 0.736. The van der Waals surface area contributed by atoms with Crippen LogP contribution >= 0.6 is 0 Å². The third kappa shape index (κ3) is 5.49. The van der Waals surface area contributed by atoms with Crippen LogP contribution < -0.4 is 4.74 Å². The number of hydrogen-bond donors (Lipinski definition) is 0. The molecular weight excluding hydrogens is 230 g/mol. The molecule has 0 aromatic heterocycles. The molecule has 0 aliphatic heterocycles. The average molecular weight is 253 g/mol. The fourth-order valence-corrected chi connectivity index (χ4v) is 1.70. The second-order valence-electron chi connectivity index (χ2n) is 4.11. The summed E-state index contributed by atoms with van der Waals surface area (Å²) in [6.45, 7) is 4.19. The van der Waals surface area contributed by atoms with Crippen LogP contribution in [0.15, 0.2) is 24.3 Å². The zero-order chi connectivity index (χ0) is 13.2. The normalized spacial score (nSPS) is 10.9. The molecule has 0 fully saturated rings. The molecule has 0 saturated heterocycles. The summed E-state index contributed by atoms with van der Waals surface area (Å²) >= 11 is 0. The fraction of sp³-hybridized carbons (Fsp3) is 0.571. The van der Waals surface area contributed by atoms with Crippen LogP contribution in [0.1, 0.15) is 5.56 Å². The first kappa shape index (κ1) is 15.0. The van der Waals surface area contributed by atoms with Gasteiger partial charge in [0, 0.05) is 33.9 Å². The molecule has 0 aliphatic rings. The summed E-state index contributed by atoms with van der Waals surface area (Å²) in [4.78, 5) is 2.31. The lowest BCUT2D eigenvalue weighted by Gasteiger charge is -2.21. The zero-order valence-electron chi connectivity index (χ0n) is 11.5. The third-order valence-corrected chi connectivity index (χ3v) is 2.79. The highest BCUT2D eigenvalue weighted by Crippen LogP contribution is 2.12. The van der Waals surface area contributed by atoms with E-state index in [9.17, 15) is 0 Å². The maximum atomic E-state index is 5.15. The largest absolute Gasteiger partial charge is 0.497 e. The number of ether oxygens (including phenoxy) is 3. The summed E-state index contributed by atoms with van der Waals surface area (Å²) in [6.07, 6.45) is 0. The molecule has 18 heavy (non-hydrogen) atoms. The summed E-state index contributed by atoms with van der Waals surface area (Å²) in [7, 11) is 5.13. The van der Waals surface area contributed by atoms with Crippen molar-refractivity contribution in [2.45, 2.75) is 6.54 Å². The van der Waals surface area contributed by atoms with Gasteiger partial charge < -0.3 is 14.2 Å². The number of hydrogen-bond acceptors (Lipinski definition) is 4. The average Bonchev–Trinajstić information content (AvgIpc) is 2.42. The standard InChI is InChI=1S/C14H23NO3/c1-16-10-8-15(9-11-17-2)12-13-4-6-14(18-3)7-5-13/h4-7H,8-12H2,1-3H3.